The first-order chi connectivity index (χ1) is 13.7. The Labute approximate surface area is 167 Å². The number of nitrogens with zero attached hydrogens (tertiary/aromatic N) is 3. The minimum atomic E-state index is -0.160. The molecule has 1 aromatic rings. The highest BCUT2D eigenvalue weighted by Crippen LogP contribution is 2.36. The molecule has 28 heavy (non-hydrogen) atoms. The third-order valence-electron chi connectivity index (χ3n) is 6.39. The molecular formula is C22H33FN4O. The lowest BCUT2D eigenvalue weighted by molar-refractivity contribution is 0.122. The minimum Gasteiger partial charge on any atom is -0.378 e. The van der Waals surface area contributed by atoms with Crippen LogP contribution in [0.25, 0.3) is 0 Å². The van der Waals surface area contributed by atoms with Gasteiger partial charge in [0.25, 0.3) is 0 Å². The Hall–Kier alpha value is -1.82. The van der Waals surface area contributed by atoms with Gasteiger partial charge in [0.1, 0.15) is 5.82 Å². The van der Waals surface area contributed by atoms with Crippen molar-refractivity contribution in [3.05, 3.63) is 29.6 Å². The van der Waals surface area contributed by atoms with Gasteiger partial charge in [-0.1, -0.05) is 18.9 Å². The zero-order chi connectivity index (χ0) is 19.3. The number of halogens is 1. The van der Waals surface area contributed by atoms with Gasteiger partial charge < -0.3 is 19.9 Å². The first-order valence-electron chi connectivity index (χ1n) is 10.9. The van der Waals surface area contributed by atoms with Crippen molar-refractivity contribution in [1.82, 2.24) is 10.2 Å². The van der Waals surface area contributed by atoms with E-state index in [-0.39, 0.29) is 5.82 Å². The van der Waals surface area contributed by atoms with Crippen molar-refractivity contribution in [1.29, 1.82) is 0 Å². The van der Waals surface area contributed by atoms with Crippen LogP contribution in [0.15, 0.2) is 23.2 Å². The average molecular weight is 389 g/mol. The second kappa shape index (κ2) is 9.12. The summed E-state index contributed by atoms with van der Waals surface area (Å²) in [5.41, 5.74) is 1.59. The fourth-order valence-electron chi connectivity index (χ4n) is 4.88. The molecule has 2 aliphatic heterocycles. The number of nitrogens with one attached hydrogen (secondary N) is 1. The molecule has 0 amide bonds. The normalized spacial score (nSPS) is 25.7. The molecule has 3 fully saturated rings. The second-order valence-corrected chi connectivity index (χ2v) is 8.26. The summed E-state index contributed by atoms with van der Waals surface area (Å²) in [6.45, 7) is 8.51. The van der Waals surface area contributed by atoms with Gasteiger partial charge in [0.15, 0.2) is 5.96 Å². The number of guanidine groups is 1. The summed E-state index contributed by atoms with van der Waals surface area (Å²) in [4.78, 5) is 9.31. The molecule has 0 aromatic heterocycles. The number of likely N-dealkylation sites (tertiary alicyclic amines) is 1. The van der Waals surface area contributed by atoms with Gasteiger partial charge in [0.05, 0.1) is 25.4 Å². The van der Waals surface area contributed by atoms with Crippen LogP contribution >= 0.6 is 0 Å². The van der Waals surface area contributed by atoms with Crippen molar-refractivity contribution >= 4 is 11.6 Å². The standard InChI is InChI=1S/C22H33FN4O/c1-2-24-22(27-15-18-5-3-4-6-19(18)16-27)25-14-17-7-8-21(20(23)13-17)26-9-11-28-12-10-26/h7-8,13,18-19H,2-6,9-12,14-16H2,1H3,(H,24,25). The molecule has 6 heteroatoms. The second-order valence-electron chi connectivity index (χ2n) is 8.26. The molecule has 1 aliphatic carbocycles. The van der Waals surface area contributed by atoms with E-state index >= 15 is 0 Å². The maximum absolute atomic E-state index is 14.7. The molecule has 154 valence electrons. The number of hydrogen-bond donors (Lipinski definition) is 1. The van der Waals surface area contributed by atoms with E-state index in [0.717, 1.165) is 56.1 Å². The van der Waals surface area contributed by atoms with E-state index in [1.807, 2.05) is 12.1 Å². The molecule has 1 aromatic carbocycles. The van der Waals surface area contributed by atoms with Crippen LogP contribution in [0.5, 0.6) is 0 Å². The third-order valence-corrected chi connectivity index (χ3v) is 6.39. The highest BCUT2D eigenvalue weighted by atomic mass is 19.1. The van der Waals surface area contributed by atoms with E-state index in [9.17, 15) is 4.39 Å². The maximum atomic E-state index is 14.7. The van der Waals surface area contributed by atoms with Crippen LogP contribution in [0, 0.1) is 17.7 Å². The number of anilines is 1. The van der Waals surface area contributed by atoms with Crippen molar-refractivity contribution in [2.24, 2.45) is 16.8 Å². The molecule has 5 nitrogen and oxygen atoms in total. The van der Waals surface area contributed by atoms with E-state index in [0.29, 0.717) is 25.4 Å². The maximum Gasteiger partial charge on any atom is 0.194 e. The number of morpholine rings is 1. The summed E-state index contributed by atoms with van der Waals surface area (Å²) < 4.78 is 20.0. The highest BCUT2D eigenvalue weighted by Gasteiger charge is 2.35. The quantitative estimate of drug-likeness (QED) is 0.635. The Morgan fingerprint density at radius 2 is 1.89 bits per heavy atom. The van der Waals surface area contributed by atoms with Crippen molar-refractivity contribution in [2.45, 2.75) is 39.2 Å². The number of fused-ring (bicyclic) bond motifs is 1. The summed E-state index contributed by atoms with van der Waals surface area (Å²) in [6, 6.07) is 5.54. The van der Waals surface area contributed by atoms with Gasteiger partial charge in [0, 0.05) is 32.7 Å². The van der Waals surface area contributed by atoms with Gasteiger partial charge in [0.2, 0.25) is 0 Å². The van der Waals surface area contributed by atoms with E-state index < -0.39 is 0 Å². The van der Waals surface area contributed by atoms with Crippen LogP contribution in [0.4, 0.5) is 10.1 Å². The zero-order valence-electron chi connectivity index (χ0n) is 17.0. The van der Waals surface area contributed by atoms with Crippen LogP contribution in [0.3, 0.4) is 0 Å². The van der Waals surface area contributed by atoms with Gasteiger partial charge in [-0.2, -0.15) is 0 Å². The summed E-state index contributed by atoms with van der Waals surface area (Å²) >= 11 is 0. The lowest BCUT2D eigenvalue weighted by Crippen LogP contribution is -2.40. The third kappa shape index (κ3) is 4.43. The SMILES string of the molecule is CCNC(=NCc1ccc(N2CCOCC2)c(F)c1)N1CC2CCCCC2C1. The topological polar surface area (TPSA) is 40.1 Å². The summed E-state index contributed by atoms with van der Waals surface area (Å²) in [5, 5.41) is 3.44. The molecule has 0 radical (unpaired) electrons. The molecular weight excluding hydrogens is 355 g/mol. The van der Waals surface area contributed by atoms with E-state index in [2.05, 4.69) is 22.0 Å². The van der Waals surface area contributed by atoms with Crippen LogP contribution in [-0.2, 0) is 11.3 Å². The molecule has 2 unspecified atom stereocenters. The highest BCUT2D eigenvalue weighted by molar-refractivity contribution is 5.80. The fraction of sp³-hybridized carbons (Fsp3) is 0.682. The average Bonchev–Trinajstić information content (AvgIpc) is 3.16. The number of benzene rings is 1. The van der Waals surface area contributed by atoms with Crippen LogP contribution in [-0.4, -0.2) is 56.8 Å². The Morgan fingerprint density at radius 1 is 1.18 bits per heavy atom. The largest absolute Gasteiger partial charge is 0.378 e. The van der Waals surface area contributed by atoms with E-state index in [1.165, 1.54) is 25.7 Å². The number of hydrogen-bond acceptors (Lipinski definition) is 3. The predicted molar refractivity (Wildman–Crippen MR) is 111 cm³/mol. The van der Waals surface area contributed by atoms with Gasteiger partial charge in [-0.05, 0) is 49.3 Å². The monoisotopic (exact) mass is 388 g/mol. The lowest BCUT2D eigenvalue weighted by atomic mass is 9.82. The van der Waals surface area contributed by atoms with Gasteiger partial charge in [-0.15, -0.1) is 0 Å². The lowest BCUT2D eigenvalue weighted by Gasteiger charge is -2.29. The molecule has 4 rings (SSSR count). The summed E-state index contributed by atoms with van der Waals surface area (Å²) in [5.74, 6) is 2.46. The minimum absolute atomic E-state index is 0.160. The van der Waals surface area contributed by atoms with Crippen LogP contribution < -0.4 is 10.2 Å². The summed E-state index contributed by atoms with van der Waals surface area (Å²) in [7, 11) is 0. The molecule has 1 saturated carbocycles. The molecule has 3 aliphatic rings. The van der Waals surface area contributed by atoms with Crippen molar-refractivity contribution in [3.63, 3.8) is 0 Å². The van der Waals surface area contributed by atoms with E-state index in [1.54, 1.807) is 6.07 Å². The van der Waals surface area contributed by atoms with Crippen LogP contribution in [0.1, 0.15) is 38.2 Å². The molecule has 1 N–H and O–H groups in total. The predicted octanol–water partition coefficient (Wildman–Crippen LogP) is 3.25. The molecule has 0 spiro atoms. The Balaban J connectivity index is 1.42. The zero-order valence-corrected chi connectivity index (χ0v) is 17.0. The fourth-order valence-corrected chi connectivity index (χ4v) is 4.88. The Bertz CT molecular complexity index is 675. The van der Waals surface area contributed by atoms with Gasteiger partial charge in [-0.3, -0.25) is 0 Å². The first-order valence-corrected chi connectivity index (χ1v) is 10.9. The molecule has 0 bridgehead atoms. The number of ether oxygens (including phenoxy) is 1. The molecule has 2 atom stereocenters. The van der Waals surface area contributed by atoms with Gasteiger partial charge >= 0.3 is 0 Å². The van der Waals surface area contributed by atoms with Gasteiger partial charge in [-0.25, -0.2) is 9.38 Å². The molecule has 2 saturated heterocycles. The summed E-state index contributed by atoms with van der Waals surface area (Å²) in [6.07, 6.45) is 5.46. The Morgan fingerprint density at radius 3 is 2.54 bits per heavy atom. The Kier molecular flexibility index (Phi) is 6.35. The molecule has 2 heterocycles. The first kappa shape index (κ1) is 19.5. The number of rotatable bonds is 4. The van der Waals surface area contributed by atoms with Crippen molar-refractivity contribution in [3.8, 4) is 0 Å². The van der Waals surface area contributed by atoms with Crippen molar-refractivity contribution in [2.75, 3.05) is 50.8 Å². The van der Waals surface area contributed by atoms with Crippen LogP contribution in [0.2, 0.25) is 0 Å². The smallest absolute Gasteiger partial charge is 0.194 e. The van der Waals surface area contributed by atoms with Crippen molar-refractivity contribution < 1.29 is 9.13 Å². The van der Waals surface area contributed by atoms with E-state index in [4.69, 9.17) is 9.73 Å². The number of aliphatic imine (C=N–C) groups is 1.